The molecule has 1 spiro atoms. The Bertz CT molecular complexity index is 1320. The topological polar surface area (TPSA) is 56.8 Å². The Hall–Kier alpha value is -3.14. The van der Waals surface area contributed by atoms with Gasteiger partial charge < -0.3 is 0 Å². The molecule has 1 saturated heterocycles. The summed E-state index contributed by atoms with van der Waals surface area (Å²) in [6.07, 6.45) is 0.826. The van der Waals surface area contributed by atoms with Crippen LogP contribution in [-0.4, -0.2) is 12.0 Å². The number of hydrogen-bond acceptors (Lipinski definition) is 5. The van der Waals surface area contributed by atoms with E-state index < -0.39 is 13.5 Å². The minimum atomic E-state index is -4.25. The summed E-state index contributed by atoms with van der Waals surface area (Å²) >= 11 is 0. The molecule has 0 aromatic heterocycles. The Morgan fingerprint density at radius 1 is 0.781 bits per heavy atom. The van der Waals surface area contributed by atoms with E-state index in [-0.39, 0.29) is 11.9 Å². The maximum atomic E-state index is 13.2. The van der Waals surface area contributed by atoms with Crippen LogP contribution in [0.2, 0.25) is 0 Å². The molecule has 0 aliphatic carbocycles. The molecule has 2 atom stereocenters. The van der Waals surface area contributed by atoms with Crippen LogP contribution in [0.1, 0.15) is 20.3 Å². The van der Waals surface area contributed by atoms with E-state index in [0.717, 1.165) is 28.0 Å². The summed E-state index contributed by atoms with van der Waals surface area (Å²) in [5.41, 5.74) is 0. The van der Waals surface area contributed by atoms with Crippen molar-refractivity contribution in [2.45, 2.75) is 26.3 Å². The van der Waals surface area contributed by atoms with Gasteiger partial charge in [0.15, 0.2) is 0 Å². The zero-order valence-corrected chi connectivity index (χ0v) is 18.8. The van der Waals surface area contributed by atoms with E-state index in [9.17, 15) is 4.79 Å². The molecule has 0 bridgehead atoms. The van der Waals surface area contributed by atoms with Crippen LogP contribution in [0, 0.1) is 5.92 Å². The van der Waals surface area contributed by atoms with E-state index >= 15 is 0 Å². The molecule has 162 valence electrons. The number of carbonyl (C=O) groups excluding carboxylic acids is 1. The van der Waals surface area contributed by atoms with Crippen LogP contribution < -0.4 is 19.4 Å². The van der Waals surface area contributed by atoms with Gasteiger partial charge >= 0.3 is 186 Å². The van der Waals surface area contributed by atoms with Gasteiger partial charge in [-0.1, -0.05) is 0 Å². The summed E-state index contributed by atoms with van der Waals surface area (Å²) in [7, 11) is -4.25. The fraction of sp³-hybridized carbons (Fsp3) is 0.192. The first-order chi connectivity index (χ1) is 15.5. The van der Waals surface area contributed by atoms with Crippen molar-refractivity contribution in [1.29, 1.82) is 0 Å². The Labute approximate surface area is 186 Å². The molecule has 2 aliphatic rings. The van der Waals surface area contributed by atoms with Crippen LogP contribution in [0.5, 0.6) is 11.5 Å². The van der Waals surface area contributed by atoms with Crippen LogP contribution in [-0.2, 0) is 9.32 Å². The molecule has 6 heteroatoms. The molecule has 32 heavy (non-hydrogen) atoms. The predicted molar refractivity (Wildman–Crippen MR) is 128 cm³/mol. The molecule has 2 aliphatic heterocycles. The Morgan fingerprint density at radius 3 is 1.81 bits per heavy atom. The van der Waals surface area contributed by atoms with Crippen molar-refractivity contribution in [2.24, 2.45) is 5.92 Å². The van der Waals surface area contributed by atoms with Gasteiger partial charge in [-0.15, -0.1) is 0 Å². The number of fused-ring (bicyclic) bond motifs is 6. The van der Waals surface area contributed by atoms with E-state index in [1.165, 1.54) is 0 Å². The first-order valence-corrected chi connectivity index (χ1v) is 13.0. The summed E-state index contributed by atoms with van der Waals surface area (Å²) in [6, 6.07) is 25.3. The van der Waals surface area contributed by atoms with Gasteiger partial charge in [0.1, 0.15) is 0 Å². The van der Waals surface area contributed by atoms with Crippen molar-refractivity contribution in [2.75, 3.05) is 0 Å². The SMILES string of the molecule is CCC(C)[C@@H]1NP2(c3ccccc3)(OC1=O)Oc1c(c3ccccc3c3ccccc13)O2. The van der Waals surface area contributed by atoms with Crippen molar-refractivity contribution in [1.82, 2.24) is 5.09 Å². The second kappa shape index (κ2) is 6.68. The fourth-order valence-corrected chi connectivity index (χ4v) is 8.48. The summed E-state index contributed by atoms with van der Waals surface area (Å²) in [5.74, 6) is 0.969. The van der Waals surface area contributed by atoms with E-state index in [4.69, 9.17) is 13.6 Å². The zero-order valence-electron chi connectivity index (χ0n) is 17.9. The molecule has 0 amide bonds. The molecule has 1 N–H and O–H groups in total. The summed E-state index contributed by atoms with van der Waals surface area (Å²) in [4.78, 5) is 13.2. The van der Waals surface area contributed by atoms with Crippen molar-refractivity contribution < 1.29 is 18.4 Å². The minimum absolute atomic E-state index is 0.0668. The number of benzene rings is 4. The van der Waals surface area contributed by atoms with Crippen molar-refractivity contribution in [3.8, 4) is 11.5 Å². The van der Waals surface area contributed by atoms with E-state index in [1.807, 2.05) is 73.7 Å². The molecule has 1 unspecified atom stereocenters. The van der Waals surface area contributed by atoms with Crippen LogP contribution in [0.15, 0.2) is 78.9 Å². The molecule has 0 saturated carbocycles. The average molecular weight is 445 g/mol. The van der Waals surface area contributed by atoms with Gasteiger partial charge in [0, 0.05) is 0 Å². The number of nitrogens with one attached hydrogen (secondary N) is 1. The van der Waals surface area contributed by atoms with Crippen molar-refractivity contribution >= 4 is 40.3 Å². The molecule has 4 aromatic rings. The Balaban J connectivity index is 1.66. The standard InChI is InChI=1S/C26H24NO4P/c1-3-17(2)23-26(28)31-32(27-23,18-11-5-4-6-12-18)29-24-21-15-9-7-13-19(21)20-14-8-10-16-22(20)25(24)30-32/h4-17,23,27H,3H2,1-2H3/t17?,23-/m0/s1. The number of hydrogen-bond donors (Lipinski definition) is 1. The molecular formula is C26H24NO4P. The first-order valence-electron chi connectivity index (χ1n) is 11.0. The first kappa shape index (κ1) is 19.5. The van der Waals surface area contributed by atoms with Crippen LogP contribution in [0.4, 0.5) is 0 Å². The molecule has 5 nitrogen and oxygen atoms in total. The van der Waals surface area contributed by atoms with Gasteiger partial charge in [-0.25, -0.2) is 0 Å². The zero-order chi connectivity index (χ0) is 21.9. The summed E-state index contributed by atoms with van der Waals surface area (Å²) in [6.45, 7) is 4.10. The quantitative estimate of drug-likeness (QED) is 0.316. The second-order valence-electron chi connectivity index (χ2n) is 8.55. The van der Waals surface area contributed by atoms with E-state index in [2.05, 4.69) is 24.1 Å². The molecule has 2 heterocycles. The average Bonchev–Trinajstić information content (AvgIpc) is 3.35. The van der Waals surface area contributed by atoms with E-state index in [1.54, 1.807) is 0 Å². The van der Waals surface area contributed by atoms with Gasteiger partial charge in [-0.05, 0) is 0 Å². The van der Waals surface area contributed by atoms with Crippen LogP contribution in [0.3, 0.4) is 0 Å². The van der Waals surface area contributed by atoms with Gasteiger partial charge in [-0.2, -0.15) is 0 Å². The van der Waals surface area contributed by atoms with Gasteiger partial charge in [0.2, 0.25) is 0 Å². The van der Waals surface area contributed by atoms with E-state index in [0.29, 0.717) is 16.8 Å². The van der Waals surface area contributed by atoms with Crippen LogP contribution >= 0.6 is 7.43 Å². The Morgan fingerprint density at radius 2 is 1.28 bits per heavy atom. The predicted octanol–water partition coefficient (Wildman–Crippen LogP) is 5.86. The number of carbonyl (C=O) groups is 1. The third kappa shape index (κ3) is 2.49. The third-order valence-corrected chi connectivity index (χ3v) is 10.1. The third-order valence-electron chi connectivity index (χ3n) is 6.64. The maximum absolute atomic E-state index is 13.2. The number of rotatable bonds is 3. The fourth-order valence-electron chi connectivity index (χ4n) is 4.75. The van der Waals surface area contributed by atoms with Gasteiger partial charge in [-0.3, -0.25) is 0 Å². The normalized spacial score (nSPS) is 22.5. The molecular weight excluding hydrogens is 421 g/mol. The van der Waals surface area contributed by atoms with Gasteiger partial charge in [0.05, 0.1) is 0 Å². The molecule has 6 rings (SSSR count). The summed E-state index contributed by atoms with van der Waals surface area (Å²) < 4.78 is 19.8. The molecule has 1 fully saturated rings. The molecule has 0 radical (unpaired) electrons. The van der Waals surface area contributed by atoms with Crippen molar-refractivity contribution in [3.63, 3.8) is 0 Å². The summed E-state index contributed by atoms with van der Waals surface area (Å²) in [5, 5.41) is 8.21. The molecule has 4 aromatic carbocycles. The van der Waals surface area contributed by atoms with Gasteiger partial charge in [0.25, 0.3) is 0 Å². The second-order valence-corrected chi connectivity index (χ2v) is 11.6. The van der Waals surface area contributed by atoms with Crippen LogP contribution in [0.25, 0.3) is 21.5 Å². The Kier molecular flexibility index (Phi) is 4.08. The van der Waals surface area contributed by atoms with Crippen molar-refractivity contribution in [3.05, 3.63) is 78.9 Å². The monoisotopic (exact) mass is 445 g/mol.